The van der Waals surface area contributed by atoms with Gasteiger partial charge in [-0.3, -0.25) is 9.78 Å². The van der Waals surface area contributed by atoms with Gasteiger partial charge in [0.2, 0.25) is 0 Å². The van der Waals surface area contributed by atoms with Crippen LogP contribution in [-0.4, -0.2) is 38.7 Å². The number of rotatable bonds is 3. The highest BCUT2D eigenvalue weighted by atomic mass is 16.5. The number of benzene rings is 1. The van der Waals surface area contributed by atoms with Crippen LogP contribution in [0.4, 0.5) is 5.69 Å². The molecule has 7 nitrogen and oxygen atoms in total. The first-order valence-corrected chi connectivity index (χ1v) is 9.03. The number of nitrogens with one attached hydrogen (secondary N) is 1. The van der Waals surface area contributed by atoms with Crippen molar-refractivity contribution in [1.29, 1.82) is 0 Å². The zero-order chi connectivity index (χ0) is 19.4. The largest absolute Gasteiger partial charge is 0.488 e. The van der Waals surface area contributed by atoms with E-state index >= 15 is 0 Å². The zero-order valence-corrected chi connectivity index (χ0v) is 15.5. The van der Waals surface area contributed by atoms with Crippen molar-refractivity contribution in [2.24, 2.45) is 0 Å². The molecule has 1 aromatic carbocycles. The van der Waals surface area contributed by atoms with E-state index in [2.05, 4.69) is 27.1 Å². The van der Waals surface area contributed by atoms with Gasteiger partial charge in [-0.15, -0.1) is 0 Å². The highest BCUT2D eigenvalue weighted by Crippen LogP contribution is 2.30. The lowest BCUT2D eigenvalue weighted by Gasteiger charge is -2.29. The van der Waals surface area contributed by atoms with Gasteiger partial charge in [-0.25, -0.2) is 4.98 Å². The quantitative estimate of drug-likeness (QED) is 0.563. The first-order valence-electron chi connectivity index (χ1n) is 9.03. The molecule has 142 valence electrons. The van der Waals surface area contributed by atoms with Gasteiger partial charge in [-0.1, -0.05) is 5.92 Å². The molecule has 0 unspecified atom stereocenters. The predicted molar refractivity (Wildman–Crippen MR) is 103 cm³/mol. The van der Waals surface area contributed by atoms with Crippen LogP contribution in [-0.2, 0) is 4.79 Å². The molecular weight excluding hydrogens is 344 g/mol. The number of nitrogens with two attached hydrogens (primary N) is 1. The fourth-order valence-corrected chi connectivity index (χ4v) is 3.09. The van der Waals surface area contributed by atoms with Crippen LogP contribution >= 0.6 is 0 Å². The Labute approximate surface area is 158 Å². The maximum atomic E-state index is 11.9. The normalized spacial score (nSPS) is 19.8. The van der Waals surface area contributed by atoms with Crippen LogP contribution in [0.1, 0.15) is 39.5 Å². The molecule has 0 saturated heterocycles. The molecule has 1 aliphatic carbocycles. The maximum absolute atomic E-state index is 11.9. The number of fused-ring (bicyclic) bond motifs is 1. The van der Waals surface area contributed by atoms with Crippen LogP contribution in [0.15, 0.2) is 24.5 Å². The highest BCUT2D eigenvalue weighted by molar-refractivity contribution is 5.93. The van der Waals surface area contributed by atoms with Gasteiger partial charge in [0.25, 0.3) is 5.91 Å². The van der Waals surface area contributed by atoms with Crippen LogP contribution in [0.3, 0.4) is 0 Å². The van der Waals surface area contributed by atoms with E-state index in [1.165, 1.54) is 0 Å². The summed E-state index contributed by atoms with van der Waals surface area (Å²) in [6.07, 6.45) is 6.50. The van der Waals surface area contributed by atoms with Crippen LogP contribution in [0, 0.1) is 11.8 Å². The molecule has 0 bridgehead atoms. The number of aromatic nitrogens is 2. The Bertz CT molecular complexity index is 887. The van der Waals surface area contributed by atoms with Gasteiger partial charge in [0.1, 0.15) is 16.9 Å². The summed E-state index contributed by atoms with van der Waals surface area (Å²) in [5.74, 6) is 5.23. The molecule has 0 aliphatic heterocycles. The molecule has 4 N–H and O–H groups in total. The molecular formula is C20H24N4O3. The number of hydrogen-bond acceptors (Lipinski definition) is 6. The van der Waals surface area contributed by atoms with Gasteiger partial charge >= 0.3 is 0 Å². The number of nitrogen functional groups attached to an aromatic ring is 1. The molecule has 0 atom stereocenters. The third kappa shape index (κ3) is 5.31. The van der Waals surface area contributed by atoms with Gasteiger partial charge in [-0.2, -0.15) is 0 Å². The average Bonchev–Trinajstić information content (AvgIpc) is 2.61. The Morgan fingerprint density at radius 1 is 1.26 bits per heavy atom. The fraction of sp³-hybridized carbons (Fsp3) is 0.450. The standard InChI is InChI=1S/C20H24N4O3/c1-20(2,26)8-7-18(25)24-14-3-5-15(6-4-14)27-17-12-13(21)11-16-19(17)23-10-9-22-16/h9-12,14-15,26H,3-6,21H2,1-2H3,(H,24,25). The number of amides is 1. The topological polar surface area (TPSA) is 110 Å². The van der Waals surface area contributed by atoms with E-state index in [1.807, 2.05) is 0 Å². The van der Waals surface area contributed by atoms with Gasteiger partial charge in [0.15, 0.2) is 0 Å². The number of aliphatic hydroxyl groups is 1. The summed E-state index contributed by atoms with van der Waals surface area (Å²) in [5.41, 5.74) is 6.76. The van der Waals surface area contributed by atoms with Crippen molar-refractivity contribution < 1.29 is 14.6 Å². The lowest BCUT2D eigenvalue weighted by molar-refractivity contribution is -0.116. The molecule has 1 aliphatic rings. The van der Waals surface area contributed by atoms with Gasteiger partial charge in [-0.05, 0) is 51.5 Å². The second-order valence-electron chi connectivity index (χ2n) is 7.32. The molecule has 0 spiro atoms. The van der Waals surface area contributed by atoms with Gasteiger partial charge in [0.05, 0.1) is 11.6 Å². The Morgan fingerprint density at radius 3 is 2.67 bits per heavy atom. The van der Waals surface area contributed by atoms with Crippen LogP contribution in [0.2, 0.25) is 0 Å². The summed E-state index contributed by atoms with van der Waals surface area (Å²) in [6.45, 7) is 3.08. The van der Waals surface area contributed by atoms with Crippen molar-refractivity contribution in [3.63, 3.8) is 0 Å². The van der Waals surface area contributed by atoms with E-state index in [1.54, 1.807) is 38.4 Å². The van der Waals surface area contributed by atoms with Crippen molar-refractivity contribution in [3.8, 4) is 17.6 Å². The number of hydrogen-bond donors (Lipinski definition) is 3. The zero-order valence-electron chi connectivity index (χ0n) is 15.5. The Kier molecular flexibility index (Phi) is 5.47. The van der Waals surface area contributed by atoms with E-state index in [9.17, 15) is 9.90 Å². The lowest BCUT2D eigenvalue weighted by Crippen LogP contribution is -2.39. The van der Waals surface area contributed by atoms with E-state index in [0.717, 1.165) is 25.7 Å². The molecule has 1 heterocycles. The molecule has 1 saturated carbocycles. The summed E-state index contributed by atoms with van der Waals surface area (Å²) in [6, 6.07) is 3.61. The van der Waals surface area contributed by atoms with E-state index in [-0.39, 0.29) is 18.1 Å². The minimum atomic E-state index is -1.17. The number of carbonyl (C=O) groups is 1. The lowest BCUT2D eigenvalue weighted by atomic mass is 9.93. The van der Waals surface area contributed by atoms with Crippen molar-refractivity contribution in [1.82, 2.24) is 15.3 Å². The Morgan fingerprint density at radius 2 is 1.96 bits per heavy atom. The predicted octanol–water partition coefficient (Wildman–Crippen LogP) is 1.79. The average molecular weight is 368 g/mol. The van der Waals surface area contributed by atoms with Gasteiger partial charge in [0, 0.05) is 30.2 Å². The summed E-state index contributed by atoms with van der Waals surface area (Å²) in [5, 5.41) is 12.4. The third-order valence-corrected chi connectivity index (χ3v) is 4.35. The molecule has 1 aromatic heterocycles. The van der Waals surface area contributed by atoms with Gasteiger partial charge < -0.3 is 20.9 Å². The number of anilines is 1. The number of ether oxygens (including phenoxy) is 1. The molecule has 2 aromatic rings. The molecule has 0 radical (unpaired) electrons. The second-order valence-corrected chi connectivity index (χ2v) is 7.32. The van der Waals surface area contributed by atoms with Crippen LogP contribution in [0.25, 0.3) is 11.0 Å². The summed E-state index contributed by atoms with van der Waals surface area (Å²) in [4.78, 5) is 20.5. The molecule has 1 fully saturated rings. The Balaban J connectivity index is 1.57. The van der Waals surface area contributed by atoms with Crippen molar-refractivity contribution in [2.45, 2.75) is 57.3 Å². The van der Waals surface area contributed by atoms with Crippen LogP contribution in [0.5, 0.6) is 5.75 Å². The SMILES string of the molecule is CC(C)(O)C#CC(=O)NC1CCC(Oc2cc(N)cc3nccnc23)CC1. The monoisotopic (exact) mass is 368 g/mol. The number of carbonyl (C=O) groups excluding carboxylic acids is 1. The number of nitrogens with zero attached hydrogens (tertiary/aromatic N) is 2. The van der Waals surface area contributed by atoms with E-state index in [0.29, 0.717) is 22.5 Å². The van der Waals surface area contributed by atoms with E-state index in [4.69, 9.17) is 10.5 Å². The minimum Gasteiger partial charge on any atom is -0.488 e. The highest BCUT2D eigenvalue weighted by Gasteiger charge is 2.24. The molecule has 7 heteroatoms. The van der Waals surface area contributed by atoms with Crippen molar-refractivity contribution >= 4 is 22.6 Å². The third-order valence-electron chi connectivity index (χ3n) is 4.35. The fourth-order valence-electron chi connectivity index (χ4n) is 3.09. The smallest absolute Gasteiger partial charge is 0.296 e. The minimum absolute atomic E-state index is 0.0348. The Hall–Kier alpha value is -2.85. The van der Waals surface area contributed by atoms with Crippen molar-refractivity contribution in [3.05, 3.63) is 24.5 Å². The summed E-state index contributed by atoms with van der Waals surface area (Å²) in [7, 11) is 0. The maximum Gasteiger partial charge on any atom is 0.296 e. The molecule has 1 amide bonds. The van der Waals surface area contributed by atoms with E-state index < -0.39 is 5.60 Å². The first-order chi connectivity index (χ1) is 12.8. The molecule has 3 rings (SSSR count). The summed E-state index contributed by atoms with van der Waals surface area (Å²) < 4.78 is 6.14. The summed E-state index contributed by atoms with van der Waals surface area (Å²) >= 11 is 0. The molecule has 27 heavy (non-hydrogen) atoms. The first kappa shape index (κ1) is 18.9. The van der Waals surface area contributed by atoms with Crippen molar-refractivity contribution in [2.75, 3.05) is 5.73 Å². The second kappa shape index (κ2) is 7.80. The van der Waals surface area contributed by atoms with Crippen LogP contribution < -0.4 is 15.8 Å².